The number of carbonyl (C=O) groups is 1. The SMILES string of the molecule is CC(C)(C)OC(=O)CCN1CCOCC1CO. The first kappa shape index (κ1) is 14.4. The molecule has 1 heterocycles. The predicted molar refractivity (Wildman–Crippen MR) is 63.7 cm³/mol. The molecule has 0 amide bonds. The molecule has 0 aliphatic carbocycles. The van der Waals surface area contributed by atoms with Crippen LogP contribution in [0.3, 0.4) is 0 Å². The maximum atomic E-state index is 11.6. The van der Waals surface area contributed by atoms with Gasteiger partial charge in [-0.2, -0.15) is 0 Å². The first-order valence-corrected chi connectivity index (χ1v) is 6.07. The molecule has 0 aromatic carbocycles. The van der Waals surface area contributed by atoms with Gasteiger partial charge in [-0.25, -0.2) is 0 Å². The summed E-state index contributed by atoms with van der Waals surface area (Å²) in [5, 5.41) is 9.18. The number of aliphatic hydroxyl groups is 1. The maximum Gasteiger partial charge on any atom is 0.307 e. The van der Waals surface area contributed by atoms with Gasteiger partial charge in [0.1, 0.15) is 5.60 Å². The zero-order valence-electron chi connectivity index (χ0n) is 10.9. The molecular formula is C12H23NO4. The van der Waals surface area contributed by atoms with Crippen molar-refractivity contribution < 1.29 is 19.4 Å². The van der Waals surface area contributed by atoms with E-state index in [1.807, 2.05) is 20.8 Å². The highest BCUT2D eigenvalue weighted by Gasteiger charge is 2.23. The highest BCUT2D eigenvalue weighted by atomic mass is 16.6. The van der Waals surface area contributed by atoms with E-state index >= 15 is 0 Å². The largest absolute Gasteiger partial charge is 0.460 e. The fourth-order valence-electron chi connectivity index (χ4n) is 1.78. The lowest BCUT2D eigenvalue weighted by Crippen LogP contribution is -2.48. The average Bonchev–Trinajstić information content (AvgIpc) is 2.24. The van der Waals surface area contributed by atoms with Crippen LogP contribution in [0, 0.1) is 0 Å². The van der Waals surface area contributed by atoms with Crippen molar-refractivity contribution in [3.63, 3.8) is 0 Å². The summed E-state index contributed by atoms with van der Waals surface area (Å²) < 4.78 is 10.5. The minimum Gasteiger partial charge on any atom is -0.460 e. The molecule has 0 bridgehead atoms. The van der Waals surface area contributed by atoms with Crippen LogP contribution < -0.4 is 0 Å². The molecule has 1 rings (SSSR count). The van der Waals surface area contributed by atoms with Crippen molar-refractivity contribution in [3.05, 3.63) is 0 Å². The molecule has 1 N–H and O–H groups in total. The lowest BCUT2D eigenvalue weighted by atomic mass is 10.2. The molecule has 5 heteroatoms. The number of rotatable bonds is 4. The number of esters is 1. The Kier molecular flexibility index (Phi) is 5.36. The van der Waals surface area contributed by atoms with Crippen molar-refractivity contribution >= 4 is 5.97 Å². The van der Waals surface area contributed by atoms with Crippen LogP contribution in [0.4, 0.5) is 0 Å². The molecule has 1 atom stereocenters. The van der Waals surface area contributed by atoms with Crippen LogP contribution in [-0.4, -0.2) is 60.5 Å². The number of carbonyl (C=O) groups excluding carboxylic acids is 1. The highest BCUT2D eigenvalue weighted by molar-refractivity contribution is 5.70. The van der Waals surface area contributed by atoms with E-state index in [1.54, 1.807) is 0 Å². The molecule has 1 aliphatic heterocycles. The quantitative estimate of drug-likeness (QED) is 0.727. The second-order valence-corrected chi connectivity index (χ2v) is 5.28. The normalized spacial score (nSPS) is 22.5. The summed E-state index contributed by atoms with van der Waals surface area (Å²) in [5.41, 5.74) is -0.432. The van der Waals surface area contributed by atoms with Crippen molar-refractivity contribution in [2.24, 2.45) is 0 Å². The molecular weight excluding hydrogens is 222 g/mol. The van der Waals surface area contributed by atoms with Crippen molar-refractivity contribution in [2.75, 3.05) is 32.9 Å². The first-order valence-electron chi connectivity index (χ1n) is 6.07. The smallest absolute Gasteiger partial charge is 0.307 e. The Morgan fingerprint density at radius 1 is 1.53 bits per heavy atom. The van der Waals surface area contributed by atoms with Gasteiger partial charge in [-0.15, -0.1) is 0 Å². The highest BCUT2D eigenvalue weighted by Crippen LogP contribution is 2.11. The zero-order chi connectivity index (χ0) is 12.9. The number of aliphatic hydroxyl groups excluding tert-OH is 1. The monoisotopic (exact) mass is 245 g/mol. The Morgan fingerprint density at radius 3 is 2.82 bits per heavy atom. The van der Waals surface area contributed by atoms with Gasteiger partial charge in [-0.05, 0) is 20.8 Å². The summed E-state index contributed by atoms with van der Waals surface area (Å²) in [5.74, 6) is -0.194. The van der Waals surface area contributed by atoms with Crippen LogP contribution >= 0.6 is 0 Å². The Morgan fingerprint density at radius 2 is 2.24 bits per heavy atom. The molecule has 100 valence electrons. The topological polar surface area (TPSA) is 59.0 Å². The van der Waals surface area contributed by atoms with Crippen molar-refractivity contribution in [1.29, 1.82) is 0 Å². The molecule has 1 fully saturated rings. The van der Waals surface area contributed by atoms with Crippen LogP contribution in [0.5, 0.6) is 0 Å². The number of morpholine rings is 1. The van der Waals surface area contributed by atoms with E-state index in [2.05, 4.69) is 4.90 Å². The van der Waals surface area contributed by atoms with Crippen LogP contribution in [0.15, 0.2) is 0 Å². The van der Waals surface area contributed by atoms with Crippen molar-refractivity contribution in [3.8, 4) is 0 Å². The second-order valence-electron chi connectivity index (χ2n) is 5.28. The van der Waals surface area contributed by atoms with Crippen LogP contribution in [0.2, 0.25) is 0 Å². The molecule has 1 saturated heterocycles. The van der Waals surface area contributed by atoms with Gasteiger partial charge in [0.15, 0.2) is 0 Å². The molecule has 0 aromatic heterocycles. The number of ether oxygens (including phenoxy) is 2. The third-order valence-electron chi connectivity index (χ3n) is 2.58. The summed E-state index contributed by atoms with van der Waals surface area (Å²) in [4.78, 5) is 13.6. The molecule has 17 heavy (non-hydrogen) atoms. The van der Waals surface area contributed by atoms with E-state index in [0.717, 1.165) is 6.54 Å². The molecule has 0 radical (unpaired) electrons. The van der Waals surface area contributed by atoms with E-state index in [-0.39, 0.29) is 18.6 Å². The fraction of sp³-hybridized carbons (Fsp3) is 0.917. The molecule has 1 unspecified atom stereocenters. The van der Waals surface area contributed by atoms with Gasteiger partial charge >= 0.3 is 5.97 Å². The Labute approximate surface area is 103 Å². The van der Waals surface area contributed by atoms with Gasteiger partial charge < -0.3 is 14.6 Å². The average molecular weight is 245 g/mol. The molecule has 5 nitrogen and oxygen atoms in total. The number of hydrogen-bond acceptors (Lipinski definition) is 5. The van der Waals surface area contributed by atoms with E-state index in [9.17, 15) is 9.90 Å². The Balaban J connectivity index is 2.31. The predicted octanol–water partition coefficient (Wildman–Crippen LogP) is 0.411. The Bertz CT molecular complexity index is 249. The van der Waals surface area contributed by atoms with Crippen molar-refractivity contribution in [1.82, 2.24) is 4.90 Å². The summed E-state index contributed by atoms with van der Waals surface area (Å²) >= 11 is 0. The van der Waals surface area contributed by atoms with Crippen LogP contribution in [0.1, 0.15) is 27.2 Å². The standard InChI is InChI=1S/C12H23NO4/c1-12(2,3)17-11(15)4-5-13-6-7-16-9-10(13)8-14/h10,14H,4-9H2,1-3H3. The molecule has 0 spiro atoms. The first-order chi connectivity index (χ1) is 7.92. The lowest BCUT2D eigenvalue weighted by Gasteiger charge is -2.34. The summed E-state index contributed by atoms with van der Waals surface area (Å²) in [6.07, 6.45) is 0.355. The maximum absolute atomic E-state index is 11.6. The number of hydrogen-bond donors (Lipinski definition) is 1. The van der Waals surface area contributed by atoms with E-state index < -0.39 is 5.60 Å². The van der Waals surface area contributed by atoms with E-state index in [0.29, 0.717) is 26.2 Å². The van der Waals surface area contributed by atoms with E-state index in [1.165, 1.54) is 0 Å². The third-order valence-corrected chi connectivity index (χ3v) is 2.58. The minimum absolute atomic E-state index is 0.00573. The zero-order valence-corrected chi connectivity index (χ0v) is 10.9. The Hall–Kier alpha value is -0.650. The number of nitrogens with zero attached hydrogens (tertiary/aromatic N) is 1. The van der Waals surface area contributed by atoms with Crippen LogP contribution in [0.25, 0.3) is 0 Å². The van der Waals surface area contributed by atoms with Gasteiger partial charge in [0, 0.05) is 13.1 Å². The van der Waals surface area contributed by atoms with Gasteiger partial charge in [-0.3, -0.25) is 9.69 Å². The summed E-state index contributed by atoms with van der Waals surface area (Å²) in [6.45, 7) is 8.20. The molecule has 0 saturated carbocycles. The minimum atomic E-state index is -0.432. The van der Waals surface area contributed by atoms with Gasteiger partial charge in [0.25, 0.3) is 0 Å². The molecule has 0 aromatic rings. The van der Waals surface area contributed by atoms with Gasteiger partial charge in [-0.1, -0.05) is 0 Å². The van der Waals surface area contributed by atoms with Crippen molar-refractivity contribution in [2.45, 2.75) is 38.8 Å². The third kappa shape index (κ3) is 5.48. The van der Waals surface area contributed by atoms with Gasteiger partial charge in [0.05, 0.1) is 32.3 Å². The lowest BCUT2D eigenvalue weighted by molar-refractivity contribution is -0.155. The summed E-state index contributed by atoms with van der Waals surface area (Å²) in [7, 11) is 0. The van der Waals surface area contributed by atoms with Crippen LogP contribution in [-0.2, 0) is 14.3 Å². The second kappa shape index (κ2) is 6.33. The summed E-state index contributed by atoms with van der Waals surface area (Å²) in [6, 6.07) is 0.00573. The van der Waals surface area contributed by atoms with E-state index in [4.69, 9.17) is 9.47 Å². The fourth-order valence-corrected chi connectivity index (χ4v) is 1.78. The van der Waals surface area contributed by atoms with Gasteiger partial charge in [0.2, 0.25) is 0 Å². The molecule has 1 aliphatic rings.